The average molecular weight is 238 g/mol. The van der Waals surface area contributed by atoms with E-state index in [4.69, 9.17) is 0 Å². The van der Waals surface area contributed by atoms with Crippen LogP contribution in [0.1, 0.15) is 38.2 Å². The second-order valence-corrected chi connectivity index (χ2v) is 4.71. The maximum Gasteiger partial charge on any atom is 0.126 e. The Labute approximate surface area is 99.8 Å². The Kier molecular flexibility index (Phi) is 3.29. The highest BCUT2D eigenvalue weighted by Gasteiger charge is 2.29. The summed E-state index contributed by atoms with van der Waals surface area (Å²) in [6.45, 7) is 1.60. The Bertz CT molecular complexity index is 429. The van der Waals surface area contributed by atoms with E-state index in [9.17, 15) is 13.9 Å². The number of allylic oxidation sites excluding steroid dienone is 1. The molecule has 0 bridgehead atoms. The van der Waals surface area contributed by atoms with Crippen LogP contribution in [-0.4, -0.2) is 5.11 Å². The van der Waals surface area contributed by atoms with Crippen LogP contribution in [0.2, 0.25) is 0 Å². The van der Waals surface area contributed by atoms with Crippen LogP contribution in [0.5, 0.6) is 0 Å². The molecule has 0 aromatic heterocycles. The van der Waals surface area contributed by atoms with Crippen molar-refractivity contribution < 1.29 is 13.9 Å². The molecule has 0 fully saturated rings. The summed E-state index contributed by atoms with van der Waals surface area (Å²) in [5, 5.41) is 10.5. The molecule has 1 aliphatic rings. The molecule has 0 saturated heterocycles. The van der Waals surface area contributed by atoms with E-state index < -0.39 is 17.2 Å². The first-order chi connectivity index (χ1) is 8.00. The normalized spacial score (nSPS) is 19.6. The van der Waals surface area contributed by atoms with Crippen molar-refractivity contribution in [3.8, 4) is 0 Å². The number of rotatable bonds is 2. The minimum atomic E-state index is -1.27. The molecular weight excluding hydrogens is 222 g/mol. The number of hydrogen-bond acceptors (Lipinski definition) is 1. The Morgan fingerprint density at radius 2 is 1.76 bits per heavy atom. The van der Waals surface area contributed by atoms with Crippen molar-refractivity contribution in [1.82, 2.24) is 0 Å². The summed E-state index contributed by atoms with van der Waals surface area (Å²) in [6.07, 6.45) is 5.80. The van der Waals surface area contributed by atoms with Gasteiger partial charge in [0.15, 0.2) is 0 Å². The molecule has 3 heteroatoms. The molecule has 1 N–H and O–H groups in total. The lowest BCUT2D eigenvalue weighted by atomic mass is 9.82. The number of halogens is 2. The summed E-state index contributed by atoms with van der Waals surface area (Å²) < 4.78 is 26.3. The Balaban J connectivity index is 2.39. The quantitative estimate of drug-likeness (QED) is 0.779. The van der Waals surface area contributed by atoms with E-state index in [1.54, 1.807) is 6.92 Å². The lowest BCUT2D eigenvalue weighted by molar-refractivity contribution is 0.0907. The van der Waals surface area contributed by atoms with Gasteiger partial charge in [0.2, 0.25) is 0 Å². The lowest BCUT2D eigenvalue weighted by Crippen LogP contribution is -2.25. The van der Waals surface area contributed by atoms with Crippen LogP contribution in [0.15, 0.2) is 29.8 Å². The van der Waals surface area contributed by atoms with Crippen LogP contribution in [0.25, 0.3) is 0 Å². The predicted octanol–water partition coefficient (Wildman–Crippen LogP) is 3.67. The molecule has 0 aliphatic heterocycles. The van der Waals surface area contributed by atoms with Crippen LogP contribution < -0.4 is 0 Å². The average Bonchev–Trinajstić information content (AvgIpc) is 2.29. The van der Waals surface area contributed by atoms with Crippen molar-refractivity contribution in [1.29, 1.82) is 0 Å². The van der Waals surface area contributed by atoms with E-state index in [0.717, 1.165) is 37.3 Å². The van der Waals surface area contributed by atoms with E-state index >= 15 is 0 Å². The Hall–Kier alpha value is -1.22. The summed E-state index contributed by atoms with van der Waals surface area (Å²) in [4.78, 5) is 0. The van der Waals surface area contributed by atoms with Gasteiger partial charge in [0.25, 0.3) is 0 Å². The molecule has 0 radical (unpaired) electrons. The third-order valence-electron chi connectivity index (χ3n) is 3.34. The second kappa shape index (κ2) is 4.57. The van der Waals surface area contributed by atoms with E-state index in [2.05, 4.69) is 0 Å². The predicted molar refractivity (Wildman–Crippen MR) is 62.5 cm³/mol. The van der Waals surface area contributed by atoms with E-state index in [-0.39, 0.29) is 5.56 Å². The Morgan fingerprint density at radius 3 is 2.29 bits per heavy atom. The molecule has 1 nitrogen and oxygen atoms in total. The van der Waals surface area contributed by atoms with Crippen molar-refractivity contribution in [3.05, 3.63) is 47.0 Å². The van der Waals surface area contributed by atoms with E-state index in [1.807, 2.05) is 6.08 Å². The third-order valence-corrected chi connectivity index (χ3v) is 3.34. The molecule has 1 unspecified atom stereocenters. The van der Waals surface area contributed by atoms with Crippen molar-refractivity contribution in [3.63, 3.8) is 0 Å². The maximum atomic E-state index is 13.2. The number of aliphatic hydroxyl groups is 1. The molecular formula is C14H16F2O. The zero-order valence-corrected chi connectivity index (χ0v) is 9.84. The van der Waals surface area contributed by atoms with Crippen LogP contribution in [0.4, 0.5) is 8.78 Å². The molecule has 92 valence electrons. The molecule has 0 saturated carbocycles. The van der Waals surface area contributed by atoms with Gasteiger partial charge in [-0.1, -0.05) is 6.08 Å². The van der Waals surface area contributed by atoms with Crippen LogP contribution >= 0.6 is 0 Å². The highest BCUT2D eigenvalue weighted by Crippen LogP contribution is 2.35. The van der Waals surface area contributed by atoms with Crippen LogP contribution in [0, 0.1) is 11.6 Å². The van der Waals surface area contributed by atoms with Crippen molar-refractivity contribution in [2.75, 3.05) is 0 Å². The monoisotopic (exact) mass is 238 g/mol. The van der Waals surface area contributed by atoms with Crippen molar-refractivity contribution in [2.24, 2.45) is 0 Å². The fourth-order valence-corrected chi connectivity index (χ4v) is 2.30. The van der Waals surface area contributed by atoms with Gasteiger partial charge in [-0.3, -0.25) is 0 Å². The first-order valence-electron chi connectivity index (χ1n) is 5.88. The van der Waals surface area contributed by atoms with Gasteiger partial charge in [0, 0.05) is 6.07 Å². The summed E-state index contributed by atoms with van der Waals surface area (Å²) >= 11 is 0. The zero-order chi connectivity index (χ0) is 12.5. The smallest absolute Gasteiger partial charge is 0.126 e. The van der Waals surface area contributed by atoms with Gasteiger partial charge in [0.05, 0.1) is 0 Å². The van der Waals surface area contributed by atoms with Gasteiger partial charge in [-0.15, -0.1) is 0 Å². The first kappa shape index (κ1) is 12.2. The Morgan fingerprint density at radius 1 is 1.12 bits per heavy atom. The standard InChI is InChI=1S/C14H16F2O/c1-14(17,10-5-3-2-4-6-10)11-7-12(15)9-13(16)8-11/h5,7-9,17H,2-4,6H2,1H3. The van der Waals surface area contributed by atoms with Gasteiger partial charge >= 0.3 is 0 Å². The summed E-state index contributed by atoms with van der Waals surface area (Å²) in [6, 6.07) is 3.20. The van der Waals surface area contributed by atoms with Crippen molar-refractivity contribution >= 4 is 0 Å². The summed E-state index contributed by atoms with van der Waals surface area (Å²) in [5.41, 5.74) is -0.138. The second-order valence-electron chi connectivity index (χ2n) is 4.71. The van der Waals surface area contributed by atoms with Crippen molar-refractivity contribution in [2.45, 2.75) is 38.2 Å². The molecule has 0 heterocycles. The molecule has 2 rings (SSSR count). The van der Waals surface area contributed by atoms with Gasteiger partial charge in [-0.2, -0.15) is 0 Å². The molecule has 1 aromatic carbocycles. The minimum absolute atomic E-state index is 0.281. The fraction of sp³-hybridized carbons (Fsp3) is 0.429. The van der Waals surface area contributed by atoms with Gasteiger partial charge in [-0.05, 0) is 55.9 Å². The highest BCUT2D eigenvalue weighted by molar-refractivity contribution is 5.33. The highest BCUT2D eigenvalue weighted by atomic mass is 19.1. The fourth-order valence-electron chi connectivity index (χ4n) is 2.30. The summed E-state index contributed by atoms with van der Waals surface area (Å²) in [5.74, 6) is -1.31. The molecule has 1 atom stereocenters. The largest absolute Gasteiger partial charge is 0.381 e. The SMILES string of the molecule is CC(O)(C1=CCCCC1)c1cc(F)cc(F)c1. The first-order valence-corrected chi connectivity index (χ1v) is 5.88. The number of hydrogen-bond donors (Lipinski definition) is 1. The van der Waals surface area contributed by atoms with Crippen LogP contribution in [0.3, 0.4) is 0 Å². The zero-order valence-electron chi connectivity index (χ0n) is 9.84. The molecule has 1 aromatic rings. The minimum Gasteiger partial charge on any atom is -0.381 e. The molecule has 1 aliphatic carbocycles. The molecule has 0 spiro atoms. The molecule has 17 heavy (non-hydrogen) atoms. The van der Waals surface area contributed by atoms with E-state index in [1.165, 1.54) is 12.1 Å². The molecule has 0 amide bonds. The van der Waals surface area contributed by atoms with Gasteiger partial charge < -0.3 is 5.11 Å². The third kappa shape index (κ3) is 2.55. The topological polar surface area (TPSA) is 20.2 Å². The van der Waals surface area contributed by atoms with Crippen LogP contribution in [-0.2, 0) is 5.60 Å². The summed E-state index contributed by atoms with van der Waals surface area (Å²) in [7, 11) is 0. The number of benzene rings is 1. The maximum absolute atomic E-state index is 13.2. The van der Waals surface area contributed by atoms with Gasteiger partial charge in [-0.25, -0.2) is 8.78 Å². The van der Waals surface area contributed by atoms with E-state index in [0.29, 0.717) is 0 Å². The lowest BCUT2D eigenvalue weighted by Gasteiger charge is -2.29. The van der Waals surface area contributed by atoms with Gasteiger partial charge in [0.1, 0.15) is 17.2 Å².